The lowest BCUT2D eigenvalue weighted by Gasteiger charge is -2.43. The zero-order valence-electron chi connectivity index (χ0n) is 12.6. The summed E-state index contributed by atoms with van der Waals surface area (Å²) in [6, 6.07) is 0. The van der Waals surface area contributed by atoms with E-state index in [1.807, 2.05) is 17.3 Å². The Morgan fingerprint density at radius 3 is 2.50 bits per heavy atom. The van der Waals surface area contributed by atoms with Crippen molar-refractivity contribution in [2.24, 2.45) is 0 Å². The summed E-state index contributed by atoms with van der Waals surface area (Å²) in [5.41, 5.74) is 0.581. The van der Waals surface area contributed by atoms with Gasteiger partial charge in [-0.25, -0.2) is 4.98 Å². The first-order valence-electron chi connectivity index (χ1n) is 8.43. The van der Waals surface area contributed by atoms with Gasteiger partial charge in [0.2, 0.25) is 0 Å². The van der Waals surface area contributed by atoms with Gasteiger partial charge in [-0.1, -0.05) is 12.8 Å². The number of aromatic nitrogens is 2. The molecule has 0 aromatic carbocycles. The van der Waals surface area contributed by atoms with Gasteiger partial charge < -0.3 is 15.2 Å². The molecule has 4 heterocycles. The number of fused-ring (bicyclic) bond motifs is 1. The van der Waals surface area contributed by atoms with Crippen LogP contribution in [0.15, 0.2) is 12.4 Å². The van der Waals surface area contributed by atoms with Crippen LogP contribution in [0.2, 0.25) is 0 Å². The molecule has 4 heteroatoms. The summed E-state index contributed by atoms with van der Waals surface area (Å²) >= 11 is 0. The summed E-state index contributed by atoms with van der Waals surface area (Å²) in [5.74, 6) is 1.18. The zero-order chi connectivity index (χ0) is 13.7. The zero-order valence-corrected chi connectivity index (χ0v) is 12.6. The molecule has 3 aliphatic heterocycles. The number of hydrogen-bond donors (Lipinski definition) is 3. The van der Waals surface area contributed by atoms with Crippen molar-refractivity contribution in [2.75, 3.05) is 26.2 Å². The molecule has 4 rings (SSSR count). The smallest absolute Gasteiger partial charge is 0.112 e. The lowest BCUT2D eigenvalue weighted by atomic mass is 9.82. The van der Waals surface area contributed by atoms with Crippen molar-refractivity contribution in [3.8, 4) is 0 Å². The topological polar surface area (TPSA) is 45.1 Å². The minimum Gasteiger partial charge on any atom is -0.348 e. The van der Waals surface area contributed by atoms with Gasteiger partial charge in [-0.05, 0) is 25.9 Å². The number of hydrogen-bond acceptors (Lipinski definition) is 2. The number of nitrogens with zero attached hydrogens (tertiary/aromatic N) is 1. The van der Waals surface area contributed by atoms with Crippen LogP contribution in [-0.4, -0.2) is 41.7 Å². The fourth-order valence-corrected chi connectivity index (χ4v) is 3.98. The van der Waals surface area contributed by atoms with Crippen LogP contribution in [0.5, 0.6) is 0 Å². The van der Waals surface area contributed by atoms with Gasteiger partial charge in [0.15, 0.2) is 0 Å². The highest BCUT2D eigenvalue weighted by Crippen LogP contribution is 2.27. The highest BCUT2D eigenvalue weighted by atomic mass is 15.3. The third-order valence-electron chi connectivity index (χ3n) is 5.31. The van der Waals surface area contributed by atoms with Crippen LogP contribution in [0.4, 0.5) is 0 Å². The van der Waals surface area contributed by atoms with Gasteiger partial charge in [0.25, 0.3) is 0 Å². The third-order valence-corrected chi connectivity index (χ3v) is 5.31. The fourth-order valence-electron chi connectivity index (χ4n) is 3.98. The largest absolute Gasteiger partial charge is 0.348 e. The number of rotatable bonds is 2. The summed E-state index contributed by atoms with van der Waals surface area (Å²) in [6.45, 7) is 5.28. The Bertz CT molecular complexity index is 370. The van der Waals surface area contributed by atoms with Crippen LogP contribution in [0.3, 0.4) is 0 Å². The van der Waals surface area contributed by atoms with E-state index in [1.54, 1.807) is 0 Å². The molecule has 2 unspecified atom stereocenters. The summed E-state index contributed by atoms with van der Waals surface area (Å²) in [6.07, 6.45) is 14.8. The van der Waals surface area contributed by atoms with Crippen LogP contribution in [0.25, 0.3) is 0 Å². The molecule has 2 atom stereocenters. The number of aromatic amines is 1. The molecule has 0 saturated carbocycles. The number of imidazole rings is 1. The van der Waals surface area contributed by atoms with Crippen LogP contribution in [0.1, 0.15) is 50.8 Å². The van der Waals surface area contributed by atoms with Crippen molar-refractivity contribution in [1.29, 1.82) is 0 Å². The van der Waals surface area contributed by atoms with E-state index in [0.29, 0.717) is 5.54 Å². The van der Waals surface area contributed by atoms with E-state index >= 15 is 0 Å². The summed E-state index contributed by atoms with van der Waals surface area (Å²) < 4.78 is 0. The molecule has 1 aromatic rings. The van der Waals surface area contributed by atoms with Crippen LogP contribution in [0, 0.1) is 0 Å². The van der Waals surface area contributed by atoms with Crippen molar-refractivity contribution >= 4 is 0 Å². The van der Waals surface area contributed by atoms with Gasteiger partial charge in [-0.15, -0.1) is 0 Å². The monoisotopic (exact) mass is 277 g/mol. The van der Waals surface area contributed by atoms with E-state index in [1.165, 1.54) is 76.9 Å². The molecule has 0 radical (unpaired) electrons. The van der Waals surface area contributed by atoms with Crippen molar-refractivity contribution in [1.82, 2.24) is 15.3 Å². The van der Waals surface area contributed by atoms with Gasteiger partial charge in [0, 0.05) is 25.2 Å². The molecule has 3 fully saturated rings. The first kappa shape index (κ1) is 14.1. The Labute approximate surface area is 122 Å². The quantitative estimate of drug-likeness (QED) is 0.753. The molecule has 1 aromatic heterocycles. The minimum absolute atomic E-state index is 0.581. The lowest BCUT2D eigenvalue weighted by molar-refractivity contribution is -0.983. The second-order valence-electron chi connectivity index (χ2n) is 6.61. The summed E-state index contributed by atoms with van der Waals surface area (Å²) in [4.78, 5) is 9.37. The van der Waals surface area contributed by atoms with Gasteiger partial charge in [0.1, 0.15) is 11.4 Å². The van der Waals surface area contributed by atoms with Crippen molar-refractivity contribution in [2.45, 2.75) is 56.9 Å². The maximum absolute atomic E-state index is 4.32. The van der Waals surface area contributed by atoms with Gasteiger partial charge in [-0.2, -0.15) is 0 Å². The molecular formula is C16H29N4+. The molecule has 3 N–H and O–H groups in total. The van der Waals surface area contributed by atoms with E-state index in [4.69, 9.17) is 0 Å². The van der Waals surface area contributed by atoms with Gasteiger partial charge in [-0.3, -0.25) is 0 Å². The number of nitrogens with one attached hydrogen (secondary N) is 3. The van der Waals surface area contributed by atoms with E-state index < -0.39 is 0 Å². The number of quaternary nitrogens is 1. The number of H-pyrrole nitrogens is 1. The SMILES string of the molecule is C1CCCNCC1.c1c[nH]c(CC23CCC[NH+]2CC3)n1. The Morgan fingerprint density at radius 1 is 1.05 bits per heavy atom. The van der Waals surface area contributed by atoms with Gasteiger partial charge >= 0.3 is 0 Å². The molecule has 0 amide bonds. The van der Waals surface area contributed by atoms with Crippen LogP contribution < -0.4 is 10.2 Å². The predicted molar refractivity (Wildman–Crippen MR) is 80.9 cm³/mol. The van der Waals surface area contributed by atoms with E-state index in [2.05, 4.69) is 15.3 Å². The van der Waals surface area contributed by atoms with E-state index in [-0.39, 0.29) is 0 Å². The normalized spacial score (nSPS) is 32.5. The molecule has 0 aliphatic carbocycles. The standard InChI is InChI=1S/C10H15N3.C6H13N/c1-2-10(3-7-13(10)6-1)8-9-11-4-5-12-9;1-2-4-6-7-5-3-1/h4-5H,1-3,6-8H2,(H,11,12);7H,1-6H2/p+1. The molecule has 20 heavy (non-hydrogen) atoms. The highest BCUT2D eigenvalue weighted by molar-refractivity contribution is 4.99. The average molecular weight is 277 g/mol. The van der Waals surface area contributed by atoms with E-state index in [0.717, 1.165) is 6.42 Å². The molecule has 112 valence electrons. The Morgan fingerprint density at radius 2 is 1.90 bits per heavy atom. The molecule has 0 spiro atoms. The summed E-state index contributed by atoms with van der Waals surface area (Å²) in [7, 11) is 0. The third kappa shape index (κ3) is 3.23. The second-order valence-corrected chi connectivity index (χ2v) is 6.61. The second kappa shape index (κ2) is 6.72. The molecule has 0 bridgehead atoms. The summed E-state index contributed by atoms with van der Waals surface area (Å²) in [5, 5.41) is 3.35. The fraction of sp³-hybridized carbons (Fsp3) is 0.812. The molecule has 3 aliphatic rings. The first-order chi connectivity index (χ1) is 9.89. The highest BCUT2D eigenvalue weighted by Gasteiger charge is 2.52. The Hall–Kier alpha value is -0.870. The lowest BCUT2D eigenvalue weighted by Crippen LogP contribution is -3.25. The average Bonchev–Trinajstić information content (AvgIpc) is 2.91. The minimum atomic E-state index is 0.581. The van der Waals surface area contributed by atoms with Crippen molar-refractivity contribution < 1.29 is 4.90 Å². The first-order valence-corrected chi connectivity index (χ1v) is 8.43. The van der Waals surface area contributed by atoms with Crippen LogP contribution >= 0.6 is 0 Å². The maximum atomic E-state index is 4.32. The van der Waals surface area contributed by atoms with Crippen LogP contribution in [-0.2, 0) is 6.42 Å². The van der Waals surface area contributed by atoms with Gasteiger partial charge in [0.05, 0.1) is 25.9 Å². The maximum Gasteiger partial charge on any atom is 0.112 e. The Balaban J connectivity index is 0.000000147. The predicted octanol–water partition coefficient (Wildman–Crippen LogP) is 0.923. The van der Waals surface area contributed by atoms with Crippen molar-refractivity contribution in [3.05, 3.63) is 18.2 Å². The Kier molecular flexibility index (Phi) is 4.73. The molecule has 4 nitrogen and oxygen atoms in total. The van der Waals surface area contributed by atoms with Crippen molar-refractivity contribution in [3.63, 3.8) is 0 Å². The molecular weight excluding hydrogens is 248 g/mol. The van der Waals surface area contributed by atoms with E-state index in [9.17, 15) is 0 Å². The molecule has 3 saturated heterocycles.